The van der Waals surface area contributed by atoms with Crippen LogP contribution in [0, 0.1) is 5.92 Å². The normalized spacial score (nSPS) is 10.6. The molecule has 0 saturated heterocycles. The summed E-state index contributed by atoms with van der Waals surface area (Å²) in [7, 11) is 1.46. The maximum absolute atomic E-state index is 10.9. The van der Waals surface area contributed by atoms with Crippen molar-refractivity contribution in [3.63, 3.8) is 0 Å². The minimum atomic E-state index is -0.989. The van der Waals surface area contributed by atoms with E-state index in [0.717, 1.165) is 5.56 Å². The van der Waals surface area contributed by atoms with Gasteiger partial charge >= 0.3 is 5.97 Å². The predicted octanol–water partition coefficient (Wildman–Crippen LogP) is 2.57. The van der Waals surface area contributed by atoms with Crippen molar-refractivity contribution < 1.29 is 19.4 Å². The number of carbonyl (C=O) groups is 1. The van der Waals surface area contributed by atoms with Gasteiger partial charge in [-0.15, -0.1) is 0 Å². The van der Waals surface area contributed by atoms with Gasteiger partial charge in [0.05, 0.1) is 13.7 Å². The quantitative estimate of drug-likeness (QED) is 0.827. The number of hydrogen-bond donors (Lipinski definition) is 1. The van der Waals surface area contributed by atoms with Gasteiger partial charge < -0.3 is 14.6 Å². The molecule has 17 heavy (non-hydrogen) atoms. The van der Waals surface area contributed by atoms with E-state index in [-0.39, 0.29) is 5.56 Å². The highest BCUT2D eigenvalue weighted by molar-refractivity contribution is 5.90. The first-order valence-electron chi connectivity index (χ1n) is 5.52. The number of benzene rings is 1. The lowest BCUT2D eigenvalue weighted by Gasteiger charge is -2.09. The Hall–Kier alpha value is -1.55. The average Bonchev–Trinajstić information content (AvgIpc) is 2.28. The number of aromatic carboxylic acids is 1. The molecular weight excluding hydrogens is 220 g/mol. The Morgan fingerprint density at radius 3 is 2.65 bits per heavy atom. The Balaban J connectivity index is 2.72. The second-order valence-corrected chi connectivity index (χ2v) is 4.25. The Morgan fingerprint density at radius 2 is 2.12 bits per heavy atom. The van der Waals surface area contributed by atoms with E-state index in [1.54, 1.807) is 12.1 Å². The molecule has 0 saturated carbocycles. The third-order valence-corrected chi connectivity index (χ3v) is 2.22. The highest BCUT2D eigenvalue weighted by atomic mass is 16.5. The molecule has 1 N–H and O–H groups in total. The summed E-state index contributed by atoms with van der Waals surface area (Å²) in [5.74, 6) is -0.144. The van der Waals surface area contributed by atoms with Crippen LogP contribution in [0.2, 0.25) is 0 Å². The van der Waals surface area contributed by atoms with Crippen molar-refractivity contribution in [1.82, 2.24) is 0 Å². The fourth-order valence-corrected chi connectivity index (χ4v) is 1.41. The van der Waals surface area contributed by atoms with Gasteiger partial charge in [-0.2, -0.15) is 0 Å². The molecule has 0 aliphatic carbocycles. The lowest BCUT2D eigenvalue weighted by molar-refractivity contribution is 0.0693. The first-order valence-corrected chi connectivity index (χ1v) is 5.52. The summed E-state index contributed by atoms with van der Waals surface area (Å²) in [6, 6.07) is 4.98. The van der Waals surface area contributed by atoms with Crippen LogP contribution < -0.4 is 4.74 Å². The lowest BCUT2D eigenvalue weighted by Crippen LogP contribution is -2.04. The van der Waals surface area contributed by atoms with Gasteiger partial charge in [0.15, 0.2) is 0 Å². The molecule has 0 aliphatic heterocycles. The largest absolute Gasteiger partial charge is 0.496 e. The molecule has 0 spiro atoms. The molecule has 0 aliphatic rings. The van der Waals surface area contributed by atoms with Crippen LogP contribution in [0.15, 0.2) is 18.2 Å². The molecule has 0 unspecified atom stereocenters. The van der Waals surface area contributed by atoms with Gasteiger partial charge in [0, 0.05) is 6.61 Å². The van der Waals surface area contributed by atoms with Gasteiger partial charge in [0.2, 0.25) is 0 Å². The van der Waals surface area contributed by atoms with Crippen LogP contribution in [0.5, 0.6) is 5.75 Å². The third kappa shape index (κ3) is 4.07. The molecule has 0 amide bonds. The average molecular weight is 238 g/mol. The summed E-state index contributed by atoms with van der Waals surface area (Å²) in [4.78, 5) is 10.9. The summed E-state index contributed by atoms with van der Waals surface area (Å²) in [6.07, 6.45) is 0. The SMILES string of the molecule is COc1cc(COCC(C)C)ccc1C(=O)O. The number of carboxylic acid groups (broad SMARTS) is 1. The highest BCUT2D eigenvalue weighted by Crippen LogP contribution is 2.20. The first kappa shape index (κ1) is 13.5. The monoisotopic (exact) mass is 238 g/mol. The van der Waals surface area contributed by atoms with Gasteiger partial charge in [-0.05, 0) is 23.6 Å². The van der Waals surface area contributed by atoms with E-state index < -0.39 is 5.97 Å². The molecule has 4 nitrogen and oxygen atoms in total. The van der Waals surface area contributed by atoms with Crippen molar-refractivity contribution in [3.8, 4) is 5.75 Å². The van der Waals surface area contributed by atoms with Crippen molar-refractivity contribution in [3.05, 3.63) is 29.3 Å². The van der Waals surface area contributed by atoms with Crippen LogP contribution in [0.1, 0.15) is 29.8 Å². The Labute approximate surface area is 101 Å². The van der Waals surface area contributed by atoms with E-state index in [1.807, 2.05) is 0 Å². The highest BCUT2D eigenvalue weighted by Gasteiger charge is 2.11. The molecule has 1 rings (SSSR count). The molecule has 0 atom stereocenters. The number of carboxylic acids is 1. The van der Waals surface area contributed by atoms with Crippen LogP contribution in [-0.2, 0) is 11.3 Å². The summed E-state index contributed by atoms with van der Waals surface area (Å²) in [5, 5.41) is 8.93. The molecule has 4 heteroatoms. The molecule has 1 aromatic rings. The molecule has 0 heterocycles. The zero-order valence-electron chi connectivity index (χ0n) is 10.4. The van der Waals surface area contributed by atoms with Gasteiger partial charge in [0.25, 0.3) is 0 Å². The number of rotatable bonds is 6. The maximum Gasteiger partial charge on any atom is 0.339 e. The van der Waals surface area contributed by atoms with Crippen molar-refractivity contribution in [2.24, 2.45) is 5.92 Å². The van der Waals surface area contributed by atoms with Crippen molar-refractivity contribution in [2.45, 2.75) is 20.5 Å². The van der Waals surface area contributed by atoms with E-state index in [0.29, 0.717) is 24.9 Å². The fourth-order valence-electron chi connectivity index (χ4n) is 1.41. The molecule has 0 fully saturated rings. The topological polar surface area (TPSA) is 55.8 Å². The third-order valence-electron chi connectivity index (χ3n) is 2.22. The summed E-state index contributed by atoms with van der Waals surface area (Å²) in [6.45, 7) is 5.31. The van der Waals surface area contributed by atoms with Gasteiger partial charge in [-0.1, -0.05) is 19.9 Å². The van der Waals surface area contributed by atoms with E-state index in [2.05, 4.69) is 13.8 Å². The smallest absolute Gasteiger partial charge is 0.339 e. The van der Waals surface area contributed by atoms with E-state index in [4.69, 9.17) is 14.6 Å². The van der Waals surface area contributed by atoms with Gasteiger partial charge in [-0.3, -0.25) is 0 Å². The number of methoxy groups -OCH3 is 1. The standard InChI is InChI=1S/C13H18O4/c1-9(2)7-17-8-10-4-5-11(13(14)15)12(6-10)16-3/h4-6,9H,7-8H2,1-3H3,(H,14,15). The number of ether oxygens (including phenoxy) is 2. The maximum atomic E-state index is 10.9. The molecule has 0 aromatic heterocycles. The predicted molar refractivity (Wildman–Crippen MR) is 64.4 cm³/mol. The van der Waals surface area contributed by atoms with E-state index in [1.165, 1.54) is 13.2 Å². The molecule has 1 aromatic carbocycles. The van der Waals surface area contributed by atoms with E-state index >= 15 is 0 Å². The van der Waals surface area contributed by atoms with Crippen molar-refractivity contribution >= 4 is 5.97 Å². The summed E-state index contributed by atoms with van der Waals surface area (Å²) < 4.78 is 10.5. The first-order chi connectivity index (χ1) is 8.04. The Kier molecular flexibility index (Phi) is 4.97. The fraction of sp³-hybridized carbons (Fsp3) is 0.462. The number of hydrogen-bond acceptors (Lipinski definition) is 3. The summed E-state index contributed by atoms with van der Waals surface area (Å²) >= 11 is 0. The van der Waals surface area contributed by atoms with Gasteiger partial charge in [-0.25, -0.2) is 4.79 Å². The molecular formula is C13H18O4. The van der Waals surface area contributed by atoms with Crippen LogP contribution in [0.4, 0.5) is 0 Å². The molecule has 0 radical (unpaired) electrons. The molecule has 94 valence electrons. The Bertz CT molecular complexity index is 385. The van der Waals surface area contributed by atoms with Crippen molar-refractivity contribution in [2.75, 3.05) is 13.7 Å². The van der Waals surface area contributed by atoms with Gasteiger partial charge in [0.1, 0.15) is 11.3 Å². The summed E-state index contributed by atoms with van der Waals surface area (Å²) in [5.41, 5.74) is 1.08. The minimum absolute atomic E-state index is 0.167. The van der Waals surface area contributed by atoms with Crippen molar-refractivity contribution in [1.29, 1.82) is 0 Å². The Morgan fingerprint density at radius 1 is 1.41 bits per heavy atom. The van der Waals surface area contributed by atoms with E-state index in [9.17, 15) is 4.79 Å². The second-order valence-electron chi connectivity index (χ2n) is 4.25. The zero-order chi connectivity index (χ0) is 12.8. The molecule has 0 bridgehead atoms. The lowest BCUT2D eigenvalue weighted by atomic mass is 10.1. The van der Waals surface area contributed by atoms with Crippen LogP contribution in [0.25, 0.3) is 0 Å². The second kappa shape index (κ2) is 6.25. The van der Waals surface area contributed by atoms with Crippen LogP contribution in [0.3, 0.4) is 0 Å². The van der Waals surface area contributed by atoms with Crippen LogP contribution in [-0.4, -0.2) is 24.8 Å². The minimum Gasteiger partial charge on any atom is -0.496 e. The van der Waals surface area contributed by atoms with Crippen LogP contribution >= 0.6 is 0 Å². The zero-order valence-corrected chi connectivity index (χ0v) is 10.4.